The molecule has 1 aliphatic rings. The topological polar surface area (TPSA) is 83.0 Å². The summed E-state index contributed by atoms with van der Waals surface area (Å²) in [4.78, 5) is 27.2. The zero-order valence-electron chi connectivity index (χ0n) is 16.5. The molecule has 0 aliphatic carbocycles. The number of rotatable bonds is 5. The van der Waals surface area contributed by atoms with E-state index in [9.17, 15) is 4.79 Å². The van der Waals surface area contributed by atoms with E-state index in [1.165, 1.54) is 15.0 Å². The smallest absolute Gasteiger partial charge is 0.247 e. The molecule has 3 heterocycles. The SMILES string of the molecule is C=CC(=O)Nc1ccc2c(N3CC[C@@H](Nc4ncc(C#CSI)cn4)C3)nccc2c1. The van der Waals surface area contributed by atoms with Gasteiger partial charge in [0.25, 0.3) is 0 Å². The molecular formula is C22H19IN6OS. The number of pyridine rings is 1. The molecule has 3 aromatic rings. The van der Waals surface area contributed by atoms with E-state index in [4.69, 9.17) is 0 Å². The lowest BCUT2D eigenvalue weighted by Crippen LogP contribution is -2.27. The normalized spacial score (nSPS) is 15.3. The first kappa shape index (κ1) is 21.4. The number of anilines is 3. The van der Waals surface area contributed by atoms with Crippen LogP contribution in [0.4, 0.5) is 17.5 Å². The maximum Gasteiger partial charge on any atom is 0.247 e. The zero-order valence-corrected chi connectivity index (χ0v) is 19.5. The number of nitrogens with zero attached hydrogens (tertiary/aromatic N) is 4. The second kappa shape index (κ2) is 9.98. The summed E-state index contributed by atoms with van der Waals surface area (Å²) >= 11 is 2.13. The van der Waals surface area contributed by atoms with E-state index in [1.54, 1.807) is 18.6 Å². The van der Waals surface area contributed by atoms with Crippen molar-refractivity contribution in [3.05, 3.63) is 61.1 Å². The molecule has 2 N–H and O–H groups in total. The fourth-order valence-corrected chi connectivity index (χ4v) is 3.97. The van der Waals surface area contributed by atoms with Gasteiger partial charge < -0.3 is 15.5 Å². The summed E-state index contributed by atoms with van der Waals surface area (Å²) in [6, 6.07) is 8.00. The minimum atomic E-state index is -0.228. The number of amides is 1. The van der Waals surface area contributed by atoms with Gasteiger partial charge in [-0.3, -0.25) is 4.79 Å². The number of carbonyl (C=O) groups is 1. The van der Waals surface area contributed by atoms with E-state index in [1.807, 2.05) is 24.3 Å². The van der Waals surface area contributed by atoms with Crippen LogP contribution in [0.5, 0.6) is 0 Å². The minimum absolute atomic E-state index is 0.227. The van der Waals surface area contributed by atoms with E-state index in [-0.39, 0.29) is 11.9 Å². The maximum absolute atomic E-state index is 11.6. The lowest BCUT2D eigenvalue weighted by molar-refractivity contribution is -0.111. The molecule has 7 nitrogen and oxygen atoms in total. The highest BCUT2D eigenvalue weighted by Gasteiger charge is 2.25. The number of halogens is 1. The van der Waals surface area contributed by atoms with Crippen molar-refractivity contribution in [2.45, 2.75) is 12.5 Å². The van der Waals surface area contributed by atoms with Crippen molar-refractivity contribution in [3.8, 4) is 11.2 Å². The van der Waals surface area contributed by atoms with Crippen molar-refractivity contribution in [1.29, 1.82) is 0 Å². The van der Waals surface area contributed by atoms with Gasteiger partial charge in [0.15, 0.2) is 0 Å². The first-order chi connectivity index (χ1) is 15.2. The van der Waals surface area contributed by atoms with Crippen LogP contribution in [-0.2, 0) is 4.79 Å². The monoisotopic (exact) mass is 542 g/mol. The third-order valence-corrected chi connectivity index (χ3v) is 5.74. The van der Waals surface area contributed by atoms with Gasteiger partial charge in [-0.15, -0.1) is 0 Å². The molecule has 1 fully saturated rings. The van der Waals surface area contributed by atoms with Crippen molar-refractivity contribution in [2.24, 2.45) is 0 Å². The summed E-state index contributed by atoms with van der Waals surface area (Å²) in [5.41, 5.74) is 1.53. The van der Waals surface area contributed by atoms with E-state index in [0.29, 0.717) is 5.95 Å². The van der Waals surface area contributed by atoms with Crippen LogP contribution < -0.4 is 15.5 Å². The van der Waals surface area contributed by atoms with Crippen LogP contribution in [0.25, 0.3) is 10.8 Å². The molecule has 0 spiro atoms. The van der Waals surface area contributed by atoms with Crippen LogP contribution in [-0.4, -0.2) is 40.0 Å². The number of hydrogen-bond acceptors (Lipinski definition) is 7. The largest absolute Gasteiger partial charge is 0.354 e. The van der Waals surface area contributed by atoms with Crippen LogP contribution in [0.2, 0.25) is 0 Å². The molecule has 31 heavy (non-hydrogen) atoms. The van der Waals surface area contributed by atoms with Gasteiger partial charge in [0.1, 0.15) is 5.82 Å². The molecule has 1 aliphatic heterocycles. The lowest BCUT2D eigenvalue weighted by atomic mass is 10.1. The van der Waals surface area contributed by atoms with Crippen LogP contribution in [0.1, 0.15) is 12.0 Å². The molecule has 9 heteroatoms. The standard InChI is InChI=1S/C22H19IN6OS/c1-2-20(30)27-17-3-4-19-16(11-17)5-8-24-21(19)29-9-6-18(14-29)28-22-25-12-15(13-26-22)7-10-31-23/h2-5,8,11-13,18H,1,6,9,14H2,(H,27,30)(H,25,26,28)/t18-/m1/s1. The first-order valence-corrected chi connectivity index (χ1v) is 13.0. The van der Waals surface area contributed by atoms with Crippen molar-refractivity contribution in [2.75, 3.05) is 28.6 Å². The molecule has 0 bridgehead atoms. The summed E-state index contributed by atoms with van der Waals surface area (Å²) in [7, 11) is 1.43. The Labute approximate surface area is 196 Å². The number of benzene rings is 1. The summed E-state index contributed by atoms with van der Waals surface area (Å²) in [5.74, 6) is 4.30. The van der Waals surface area contributed by atoms with Crippen LogP contribution in [0.3, 0.4) is 0 Å². The van der Waals surface area contributed by atoms with Gasteiger partial charge in [0.05, 0.1) is 5.56 Å². The maximum atomic E-state index is 11.6. The minimum Gasteiger partial charge on any atom is -0.354 e. The van der Waals surface area contributed by atoms with E-state index in [0.717, 1.165) is 47.4 Å². The van der Waals surface area contributed by atoms with E-state index < -0.39 is 0 Å². The molecule has 1 aromatic carbocycles. The van der Waals surface area contributed by atoms with Gasteiger partial charge in [-0.1, -0.05) is 12.5 Å². The highest BCUT2D eigenvalue weighted by molar-refractivity contribution is 14.2. The molecule has 1 atom stereocenters. The fraction of sp³-hybridized carbons (Fsp3) is 0.182. The molecule has 0 radical (unpaired) electrons. The quantitative estimate of drug-likeness (QED) is 0.284. The zero-order chi connectivity index (χ0) is 21.6. The highest BCUT2D eigenvalue weighted by atomic mass is 127. The van der Waals surface area contributed by atoms with Crippen LogP contribution in [0.15, 0.2) is 55.5 Å². The number of hydrogen-bond donors (Lipinski definition) is 2. The lowest BCUT2D eigenvalue weighted by Gasteiger charge is -2.20. The highest BCUT2D eigenvalue weighted by Crippen LogP contribution is 2.29. The number of aromatic nitrogens is 3. The van der Waals surface area contributed by atoms with Crippen molar-refractivity contribution in [1.82, 2.24) is 15.0 Å². The van der Waals surface area contributed by atoms with Crippen LogP contribution in [0, 0.1) is 11.2 Å². The van der Waals surface area contributed by atoms with E-state index >= 15 is 0 Å². The Hall–Kier alpha value is -2.84. The molecule has 0 saturated carbocycles. The number of nitrogens with one attached hydrogen (secondary N) is 2. The summed E-state index contributed by atoms with van der Waals surface area (Å²) < 4.78 is 0. The van der Waals surface area contributed by atoms with Crippen molar-refractivity contribution >= 4 is 64.3 Å². The number of fused-ring (bicyclic) bond motifs is 1. The van der Waals surface area contributed by atoms with Gasteiger partial charge in [-0.2, -0.15) is 0 Å². The van der Waals surface area contributed by atoms with Gasteiger partial charge in [-0.05, 0) is 56.3 Å². The Bertz CT molecular complexity index is 1170. The van der Waals surface area contributed by atoms with Crippen molar-refractivity contribution in [3.63, 3.8) is 0 Å². The molecule has 156 valence electrons. The third-order valence-electron chi connectivity index (χ3n) is 4.90. The fourth-order valence-electron chi connectivity index (χ4n) is 3.48. The predicted octanol–water partition coefficient (Wildman–Crippen LogP) is 4.23. The average Bonchev–Trinajstić information content (AvgIpc) is 3.26. The summed E-state index contributed by atoms with van der Waals surface area (Å²) in [5, 5.41) is 11.2. The molecule has 0 unspecified atom stereocenters. The Balaban J connectivity index is 1.46. The molecule has 2 aromatic heterocycles. The first-order valence-electron chi connectivity index (χ1n) is 9.60. The summed E-state index contributed by atoms with van der Waals surface area (Å²) in [6.45, 7) is 5.18. The van der Waals surface area contributed by atoms with Gasteiger partial charge in [0, 0.05) is 70.0 Å². The molecule has 1 saturated heterocycles. The second-order valence-electron chi connectivity index (χ2n) is 6.94. The Kier molecular flexibility index (Phi) is 6.89. The Morgan fingerprint density at radius 3 is 2.90 bits per heavy atom. The third kappa shape index (κ3) is 5.26. The number of carbonyl (C=O) groups excluding carboxylic acids is 1. The van der Waals surface area contributed by atoms with Gasteiger partial charge >= 0.3 is 0 Å². The molecular weight excluding hydrogens is 523 g/mol. The molecule has 1 amide bonds. The average molecular weight is 542 g/mol. The van der Waals surface area contributed by atoms with E-state index in [2.05, 4.69) is 69.4 Å². The molecule has 4 rings (SSSR count). The van der Waals surface area contributed by atoms with Crippen molar-refractivity contribution < 1.29 is 4.79 Å². The predicted molar refractivity (Wildman–Crippen MR) is 135 cm³/mol. The Morgan fingerprint density at radius 1 is 1.29 bits per heavy atom. The van der Waals surface area contributed by atoms with Crippen LogP contribution >= 0.6 is 30.1 Å². The Morgan fingerprint density at radius 2 is 2.13 bits per heavy atom. The summed E-state index contributed by atoms with van der Waals surface area (Å²) in [6.07, 6.45) is 7.48. The van der Waals surface area contributed by atoms with Gasteiger partial charge in [0.2, 0.25) is 11.9 Å². The second-order valence-corrected chi connectivity index (χ2v) is 8.62. The van der Waals surface area contributed by atoms with Gasteiger partial charge in [-0.25, -0.2) is 15.0 Å².